The van der Waals surface area contributed by atoms with Crippen molar-refractivity contribution in [1.29, 1.82) is 0 Å². The van der Waals surface area contributed by atoms with Gasteiger partial charge in [-0.1, -0.05) is 23.7 Å². The van der Waals surface area contributed by atoms with Crippen LogP contribution in [0.25, 0.3) is 0 Å². The van der Waals surface area contributed by atoms with Crippen molar-refractivity contribution in [3.63, 3.8) is 0 Å². The van der Waals surface area contributed by atoms with Crippen LogP contribution in [0.3, 0.4) is 0 Å². The maximum atomic E-state index is 12.8. The Hall–Kier alpha value is -2.40. The number of carbonyl (C=O) groups is 2. The molecule has 0 heterocycles. The molecule has 0 saturated heterocycles. The summed E-state index contributed by atoms with van der Waals surface area (Å²) >= 11 is 5.74. The number of benzene rings is 2. The molecule has 0 aliphatic heterocycles. The summed E-state index contributed by atoms with van der Waals surface area (Å²) < 4.78 is 18.0. The minimum atomic E-state index is -0.580. The van der Waals surface area contributed by atoms with Gasteiger partial charge in [0.1, 0.15) is 18.5 Å². The Kier molecular flexibility index (Phi) is 5.71. The molecule has 4 nitrogen and oxygen atoms in total. The zero-order chi connectivity index (χ0) is 16.8. The van der Waals surface area contributed by atoms with Gasteiger partial charge in [-0.2, -0.15) is 0 Å². The van der Waals surface area contributed by atoms with Gasteiger partial charge in [-0.3, -0.25) is 9.59 Å². The lowest BCUT2D eigenvalue weighted by molar-refractivity contribution is -0.147. The summed E-state index contributed by atoms with van der Waals surface area (Å²) in [5.41, 5.74) is 1.07. The molecule has 1 amide bonds. The molecule has 1 N–H and O–H groups in total. The maximum absolute atomic E-state index is 12.8. The van der Waals surface area contributed by atoms with Gasteiger partial charge >= 0.3 is 5.97 Å². The second kappa shape index (κ2) is 7.74. The monoisotopic (exact) mass is 335 g/mol. The standard InChI is InChI=1S/C17H15ClFNO3/c1-11(12-4-8-15(19)9-5-12)23-16(21)10-20-17(22)13-2-6-14(18)7-3-13/h2-9,11H,10H2,1H3,(H,20,22)/t11-/m0/s1. The highest BCUT2D eigenvalue weighted by atomic mass is 35.5. The summed E-state index contributed by atoms with van der Waals surface area (Å²) in [6, 6.07) is 12.0. The van der Waals surface area contributed by atoms with Gasteiger partial charge in [0.25, 0.3) is 5.91 Å². The Morgan fingerprint density at radius 2 is 1.74 bits per heavy atom. The van der Waals surface area contributed by atoms with E-state index in [2.05, 4.69) is 5.32 Å². The number of esters is 1. The van der Waals surface area contributed by atoms with Crippen molar-refractivity contribution in [1.82, 2.24) is 5.32 Å². The maximum Gasteiger partial charge on any atom is 0.326 e. The topological polar surface area (TPSA) is 55.4 Å². The first-order valence-corrected chi connectivity index (χ1v) is 7.32. The minimum Gasteiger partial charge on any atom is -0.456 e. The van der Waals surface area contributed by atoms with E-state index in [1.54, 1.807) is 43.3 Å². The first-order chi connectivity index (χ1) is 11.0. The average Bonchev–Trinajstić information content (AvgIpc) is 2.54. The molecule has 0 saturated carbocycles. The molecule has 1 atom stereocenters. The van der Waals surface area contributed by atoms with Crippen molar-refractivity contribution in [3.05, 3.63) is 70.5 Å². The van der Waals surface area contributed by atoms with Crippen LogP contribution in [-0.4, -0.2) is 18.4 Å². The lowest BCUT2D eigenvalue weighted by atomic mass is 10.1. The zero-order valence-corrected chi connectivity index (χ0v) is 13.1. The SMILES string of the molecule is C[C@H](OC(=O)CNC(=O)c1ccc(Cl)cc1)c1ccc(F)cc1. The van der Waals surface area contributed by atoms with E-state index >= 15 is 0 Å². The van der Waals surface area contributed by atoms with E-state index in [4.69, 9.17) is 16.3 Å². The fourth-order valence-corrected chi connectivity index (χ4v) is 2.02. The Morgan fingerprint density at radius 3 is 2.35 bits per heavy atom. The highest BCUT2D eigenvalue weighted by Gasteiger charge is 2.13. The Bertz CT molecular complexity index is 686. The molecule has 0 fully saturated rings. The number of ether oxygens (including phenoxy) is 1. The number of carbonyl (C=O) groups excluding carboxylic acids is 2. The molecule has 0 aliphatic rings. The molecule has 2 rings (SSSR count). The van der Waals surface area contributed by atoms with Gasteiger partial charge in [0.15, 0.2) is 0 Å². The fraction of sp³-hybridized carbons (Fsp3) is 0.176. The molecule has 0 radical (unpaired) electrons. The van der Waals surface area contributed by atoms with E-state index in [-0.39, 0.29) is 12.4 Å². The summed E-state index contributed by atoms with van der Waals surface area (Å²) in [6.07, 6.45) is -0.532. The Labute approximate surface area is 138 Å². The van der Waals surface area contributed by atoms with Gasteiger partial charge in [-0.15, -0.1) is 0 Å². The fourth-order valence-electron chi connectivity index (χ4n) is 1.90. The minimum absolute atomic E-state index is 0.257. The van der Waals surface area contributed by atoms with Crippen LogP contribution in [0.15, 0.2) is 48.5 Å². The molecule has 0 spiro atoms. The van der Waals surface area contributed by atoms with Crippen LogP contribution in [0.2, 0.25) is 5.02 Å². The number of rotatable bonds is 5. The summed E-state index contributed by atoms with van der Waals surface area (Å²) in [5.74, 6) is -1.33. The van der Waals surface area contributed by atoms with Crippen molar-refractivity contribution >= 4 is 23.5 Å². The second-order valence-corrected chi connectivity index (χ2v) is 5.31. The third kappa shape index (κ3) is 5.07. The van der Waals surface area contributed by atoms with Crippen LogP contribution in [0.5, 0.6) is 0 Å². The van der Waals surface area contributed by atoms with Gasteiger partial charge < -0.3 is 10.1 Å². The molecular weight excluding hydrogens is 321 g/mol. The summed E-state index contributed by atoms with van der Waals surface area (Å²) in [4.78, 5) is 23.6. The number of halogens is 2. The van der Waals surface area contributed by atoms with Crippen molar-refractivity contribution in [3.8, 4) is 0 Å². The van der Waals surface area contributed by atoms with Crippen LogP contribution in [-0.2, 0) is 9.53 Å². The molecule has 2 aromatic rings. The van der Waals surface area contributed by atoms with E-state index in [1.165, 1.54) is 12.1 Å². The molecule has 0 aromatic heterocycles. The molecule has 0 unspecified atom stereocenters. The summed E-state index contributed by atoms with van der Waals surface area (Å²) in [7, 11) is 0. The number of hydrogen-bond acceptors (Lipinski definition) is 3. The van der Waals surface area contributed by atoms with Crippen molar-refractivity contribution < 1.29 is 18.7 Å². The Morgan fingerprint density at radius 1 is 1.13 bits per heavy atom. The molecule has 23 heavy (non-hydrogen) atoms. The third-order valence-electron chi connectivity index (χ3n) is 3.15. The first kappa shape index (κ1) is 17.0. The molecular formula is C17H15ClFNO3. The molecule has 2 aromatic carbocycles. The van der Waals surface area contributed by atoms with Gasteiger partial charge in [-0.05, 0) is 48.9 Å². The highest BCUT2D eigenvalue weighted by molar-refractivity contribution is 6.30. The van der Waals surface area contributed by atoms with Crippen LogP contribution < -0.4 is 5.32 Å². The van der Waals surface area contributed by atoms with E-state index in [0.717, 1.165) is 0 Å². The molecule has 0 aliphatic carbocycles. The van der Waals surface area contributed by atoms with E-state index < -0.39 is 18.0 Å². The highest BCUT2D eigenvalue weighted by Crippen LogP contribution is 2.17. The predicted molar refractivity (Wildman–Crippen MR) is 84.7 cm³/mol. The van der Waals surface area contributed by atoms with Crippen LogP contribution in [0, 0.1) is 5.82 Å². The van der Waals surface area contributed by atoms with Crippen LogP contribution in [0.4, 0.5) is 4.39 Å². The van der Waals surface area contributed by atoms with Gasteiger partial charge in [0.05, 0.1) is 0 Å². The normalized spacial score (nSPS) is 11.6. The number of hydrogen-bond donors (Lipinski definition) is 1. The lowest BCUT2D eigenvalue weighted by Gasteiger charge is -2.14. The summed E-state index contributed by atoms with van der Waals surface area (Å²) in [5, 5.41) is 2.99. The molecule has 120 valence electrons. The largest absolute Gasteiger partial charge is 0.456 e. The summed E-state index contributed by atoms with van der Waals surface area (Å²) in [6.45, 7) is 1.42. The van der Waals surface area contributed by atoms with Crippen LogP contribution in [0.1, 0.15) is 28.9 Å². The van der Waals surface area contributed by atoms with Gasteiger partial charge in [0, 0.05) is 10.6 Å². The predicted octanol–water partition coefficient (Wildman–Crippen LogP) is 3.51. The van der Waals surface area contributed by atoms with Gasteiger partial charge in [0.2, 0.25) is 0 Å². The van der Waals surface area contributed by atoms with E-state index in [0.29, 0.717) is 16.1 Å². The van der Waals surface area contributed by atoms with Gasteiger partial charge in [-0.25, -0.2) is 4.39 Å². The zero-order valence-electron chi connectivity index (χ0n) is 12.4. The van der Waals surface area contributed by atoms with E-state index in [9.17, 15) is 14.0 Å². The number of nitrogens with one attached hydrogen (secondary N) is 1. The van der Waals surface area contributed by atoms with Crippen LogP contribution >= 0.6 is 11.6 Å². The molecule has 0 bridgehead atoms. The second-order valence-electron chi connectivity index (χ2n) is 4.87. The lowest BCUT2D eigenvalue weighted by Crippen LogP contribution is -2.31. The van der Waals surface area contributed by atoms with Crippen molar-refractivity contribution in [2.45, 2.75) is 13.0 Å². The van der Waals surface area contributed by atoms with Crippen molar-refractivity contribution in [2.75, 3.05) is 6.54 Å². The van der Waals surface area contributed by atoms with Crippen molar-refractivity contribution in [2.24, 2.45) is 0 Å². The Balaban J connectivity index is 1.83. The molecule has 6 heteroatoms. The van der Waals surface area contributed by atoms with E-state index in [1.807, 2.05) is 0 Å². The third-order valence-corrected chi connectivity index (χ3v) is 3.40. The average molecular weight is 336 g/mol. The number of amides is 1. The smallest absolute Gasteiger partial charge is 0.326 e. The first-order valence-electron chi connectivity index (χ1n) is 6.94. The quantitative estimate of drug-likeness (QED) is 0.851.